The van der Waals surface area contributed by atoms with Crippen molar-refractivity contribution in [2.45, 2.75) is 0 Å². The van der Waals surface area contributed by atoms with Crippen LogP contribution in [0, 0.1) is 0 Å². The van der Waals surface area contributed by atoms with E-state index in [1.54, 1.807) is 0 Å². The summed E-state index contributed by atoms with van der Waals surface area (Å²) in [4.78, 5) is 0. The molecule has 0 aromatic carbocycles. The first-order chi connectivity index (χ1) is 2.91. The number of nitrogens with zero attached hydrogens (tertiary/aromatic N) is 2. The Morgan fingerprint density at radius 1 is 1.83 bits per heavy atom. The van der Waals surface area contributed by atoms with E-state index in [9.17, 15) is 0 Å². The predicted molar refractivity (Wildman–Crippen MR) is 36.2 cm³/mol. The normalized spacial score (nSPS) is 9.00. The van der Waals surface area contributed by atoms with E-state index >= 15 is 0 Å². The van der Waals surface area contributed by atoms with Crippen LogP contribution in [0.5, 0.6) is 0 Å². The zero-order chi connectivity index (χ0) is 4.83. The molecule has 0 bridgehead atoms. The zero-order valence-electron chi connectivity index (χ0n) is 3.38. The highest BCUT2D eigenvalue weighted by Crippen LogP contribution is 2.00. The van der Waals surface area contributed by atoms with Gasteiger partial charge in [0.15, 0.2) is 0 Å². The molecule has 0 saturated heterocycles. The fraction of sp³-hybridized carbons (Fsp3) is 1.00. The van der Waals surface area contributed by atoms with Crippen LogP contribution in [-0.2, 0) is 11.4 Å². The minimum Gasteiger partial charge on any atom is -0.196 e. The Kier molecular flexibility index (Phi) is 6.32. The molecule has 0 N–H and O–H groups in total. The van der Waals surface area contributed by atoms with E-state index in [1.165, 1.54) is 11.4 Å². The van der Waals surface area contributed by atoms with Gasteiger partial charge in [0.05, 0.1) is 11.4 Å². The van der Waals surface area contributed by atoms with E-state index in [2.05, 4.69) is 17.7 Å². The Morgan fingerprint density at radius 3 is 2.67 bits per heavy atom. The van der Waals surface area contributed by atoms with Crippen LogP contribution in [0.25, 0.3) is 0 Å². The van der Waals surface area contributed by atoms with Crippen LogP contribution in [0.1, 0.15) is 0 Å². The molecule has 0 aliphatic rings. The van der Waals surface area contributed by atoms with Gasteiger partial charge in [-0.1, -0.05) is 0 Å². The molecule has 0 spiro atoms. The first-order valence-electron chi connectivity index (χ1n) is 1.35. The zero-order valence-corrected chi connectivity index (χ0v) is 6.35. The van der Waals surface area contributed by atoms with Gasteiger partial charge in [0.2, 0.25) is 0 Å². The van der Waals surface area contributed by atoms with E-state index in [4.69, 9.17) is 0 Å². The summed E-state index contributed by atoms with van der Waals surface area (Å²) >= 11 is 1.23. The molecule has 2 nitrogen and oxygen atoms in total. The van der Waals surface area contributed by atoms with Gasteiger partial charge in [-0.3, -0.25) is 0 Å². The van der Waals surface area contributed by atoms with E-state index in [0.29, 0.717) is 8.73 Å². The number of hydrogen-bond donors (Lipinski definition) is 0. The SMILES string of the molecule is CPN=S=NP. The maximum atomic E-state index is 3.85. The van der Waals surface area contributed by atoms with Crippen LogP contribution in [0.4, 0.5) is 0 Å². The summed E-state index contributed by atoms with van der Waals surface area (Å²) in [5, 5.41) is 0. The lowest BCUT2D eigenvalue weighted by Gasteiger charge is -1.63. The molecule has 2 atom stereocenters. The largest absolute Gasteiger partial charge is 0.196 e. The van der Waals surface area contributed by atoms with Gasteiger partial charge in [0, 0.05) is 18.1 Å². The van der Waals surface area contributed by atoms with E-state index in [0.717, 1.165) is 0 Å². The molecular formula is CH6N2P2S. The summed E-state index contributed by atoms with van der Waals surface area (Å²) in [7, 11) is 2.87. The van der Waals surface area contributed by atoms with Crippen LogP contribution in [0.3, 0.4) is 0 Å². The topological polar surface area (TPSA) is 24.7 Å². The summed E-state index contributed by atoms with van der Waals surface area (Å²) in [6, 6.07) is 0. The van der Waals surface area contributed by atoms with Crippen molar-refractivity contribution in [2.24, 2.45) is 8.27 Å². The minimum atomic E-state index is 0.645. The monoisotopic (exact) mass is 140 g/mol. The highest BCUT2D eigenvalue weighted by Gasteiger charge is 1.51. The van der Waals surface area contributed by atoms with Crippen molar-refractivity contribution in [1.29, 1.82) is 0 Å². The Hall–Kier alpha value is 0.680. The summed E-state index contributed by atoms with van der Waals surface area (Å²) in [6.45, 7) is 2.00. The van der Waals surface area contributed by atoms with Crippen LogP contribution in [-0.4, -0.2) is 6.66 Å². The Labute approximate surface area is 45.1 Å². The molecule has 0 saturated carbocycles. The van der Waals surface area contributed by atoms with Crippen molar-refractivity contribution in [1.82, 2.24) is 0 Å². The highest BCUT2D eigenvalue weighted by atomic mass is 32.1. The standard InChI is InChI=1S/CH6N2P2S/c1-5-3-6-2-4/h5H,4H2,1H3. The summed E-state index contributed by atoms with van der Waals surface area (Å²) in [5.74, 6) is 0. The molecule has 5 heteroatoms. The van der Waals surface area contributed by atoms with Crippen LogP contribution in [0.15, 0.2) is 8.27 Å². The van der Waals surface area contributed by atoms with Gasteiger partial charge in [-0.2, -0.15) is 8.27 Å². The predicted octanol–water partition coefficient (Wildman–Crippen LogP) is 1.45. The van der Waals surface area contributed by atoms with Crippen LogP contribution in [0.2, 0.25) is 0 Å². The van der Waals surface area contributed by atoms with Gasteiger partial charge in [-0.25, -0.2) is 0 Å². The van der Waals surface area contributed by atoms with Crippen molar-refractivity contribution in [3.8, 4) is 0 Å². The lowest BCUT2D eigenvalue weighted by molar-refractivity contribution is 2.00. The van der Waals surface area contributed by atoms with Gasteiger partial charge in [0.1, 0.15) is 0 Å². The molecule has 6 heavy (non-hydrogen) atoms. The fourth-order valence-corrected chi connectivity index (χ4v) is 1.00. The lowest BCUT2D eigenvalue weighted by atomic mass is 12.0. The Morgan fingerprint density at radius 2 is 2.50 bits per heavy atom. The van der Waals surface area contributed by atoms with E-state index in [-0.39, 0.29) is 0 Å². The molecule has 2 unspecified atom stereocenters. The second kappa shape index (κ2) is 5.68. The molecule has 36 valence electrons. The van der Waals surface area contributed by atoms with Crippen molar-refractivity contribution in [3.05, 3.63) is 0 Å². The maximum absolute atomic E-state index is 3.85. The van der Waals surface area contributed by atoms with Gasteiger partial charge in [-0.15, -0.1) is 0 Å². The van der Waals surface area contributed by atoms with Crippen molar-refractivity contribution in [3.63, 3.8) is 0 Å². The van der Waals surface area contributed by atoms with Crippen LogP contribution < -0.4 is 0 Å². The molecule has 0 aromatic rings. The molecule has 0 aliphatic carbocycles. The molecule has 0 amide bonds. The molecule has 0 rings (SSSR count). The molecule has 0 radical (unpaired) electrons. The summed E-state index contributed by atoms with van der Waals surface area (Å²) in [6.07, 6.45) is 0. The van der Waals surface area contributed by atoms with E-state index < -0.39 is 0 Å². The second-order valence-corrected chi connectivity index (χ2v) is 2.69. The van der Waals surface area contributed by atoms with Crippen molar-refractivity contribution < 1.29 is 0 Å². The third-order valence-corrected chi connectivity index (χ3v) is 1.61. The van der Waals surface area contributed by atoms with Gasteiger partial charge >= 0.3 is 0 Å². The fourth-order valence-electron chi connectivity index (χ4n) is 0.0644. The lowest BCUT2D eigenvalue weighted by Crippen LogP contribution is -1.28. The number of rotatable bonds is 1. The third kappa shape index (κ3) is 4.68. The molecular weight excluding hydrogens is 134 g/mol. The molecule has 0 aromatic heterocycles. The Balaban J connectivity index is 3.18. The molecule has 0 aliphatic heterocycles. The van der Waals surface area contributed by atoms with Gasteiger partial charge in [0.25, 0.3) is 0 Å². The van der Waals surface area contributed by atoms with Crippen LogP contribution >= 0.6 is 18.1 Å². The van der Waals surface area contributed by atoms with Gasteiger partial charge in [-0.05, 0) is 6.66 Å². The first-order valence-corrected chi connectivity index (χ1v) is 4.04. The maximum Gasteiger partial charge on any atom is 0.0647 e. The average Bonchev–Trinajstić information content (AvgIpc) is 1.61. The Bertz CT molecular complexity index is 75.6. The quantitative estimate of drug-likeness (QED) is 0.492. The van der Waals surface area contributed by atoms with E-state index in [1.807, 2.05) is 6.66 Å². The van der Waals surface area contributed by atoms with Gasteiger partial charge < -0.3 is 0 Å². The first kappa shape index (κ1) is 6.68. The highest BCUT2D eigenvalue weighted by molar-refractivity contribution is 7.65. The minimum absolute atomic E-state index is 0.645. The number of hydrogen-bond acceptors (Lipinski definition) is 2. The second-order valence-electron chi connectivity index (χ2n) is 0.502. The summed E-state index contributed by atoms with van der Waals surface area (Å²) in [5.41, 5.74) is 0. The average molecular weight is 140 g/mol. The summed E-state index contributed by atoms with van der Waals surface area (Å²) < 4.78 is 7.45. The smallest absolute Gasteiger partial charge is 0.0647 e. The molecule has 0 fully saturated rings. The third-order valence-electron chi connectivity index (χ3n) is 0.179. The van der Waals surface area contributed by atoms with Crippen molar-refractivity contribution >= 4 is 29.5 Å². The molecule has 0 heterocycles. The van der Waals surface area contributed by atoms with Crippen molar-refractivity contribution in [2.75, 3.05) is 6.66 Å².